The van der Waals surface area contributed by atoms with Crippen LogP contribution in [0.2, 0.25) is 5.02 Å². The number of halogens is 1. The summed E-state index contributed by atoms with van der Waals surface area (Å²) >= 11 is 6.03. The lowest BCUT2D eigenvalue weighted by atomic mass is 9.91. The van der Waals surface area contributed by atoms with Crippen LogP contribution < -0.4 is 5.32 Å². The molecule has 0 radical (unpaired) electrons. The average Bonchev–Trinajstić information content (AvgIpc) is 2.76. The zero-order valence-electron chi connectivity index (χ0n) is 11.7. The number of hydrogen-bond donors (Lipinski definition) is 1. The second-order valence-corrected chi connectivity index (χ2v) is 5.87. The Morgan fingerprint density at radius 2 is 1.95 bits per heavy atom. The maximum atomic E-state index is 12.1. The molecule has 2 unspecified atom stereocenters. The fourth-order valence-electron chi connectivity index (χ4n) is 2.65. The van der Waals surface area contributed by atoms with Gasteiger partial charge >= 0.3 is 5.97 Å². The maximum absolute atomic E-state index is 12.1. The Bertz CT molecular complexity index is 659. The fraction of sp³-hybridized carbons (Fsp3) is 0.235. The van der Waals surface area contributed by atoms with Crippen LogP contribution in [-0.2, 0) is 15.1 Å². The minimum absolute atomic E-state index is 0.235. The fourth-order valence-corrected chi connectivity index (χ4v) is 2.84. The lowest BCUT2D eigenvalue weighted by Crippen LogP contribution is -2.25. The topological polar surface area (TPSA) is 38.3 Å². The molecule has 0 bridgehead atoms. The Kier molecular flexibility index (Phi) is 3.60. The van der Waals surface area contributed by atoms with Gasteiger partial charge in [-0.25, -0.2) is 4.79 Å². The van der Waals surface area contributed by atoms with Crippen molar-refractivity contribution in [2.75, 3.05) is 5.32 Å². The highest BCUT2D eigenvalue weighted by Crippen LogP contribution is 2.38. The van der Waals surface area contributed by atoms with Crippen LogP contribution in [0.25, 0.3) is 0 Å². The largest absolute Gasteiger partial charge is 0.453 e. The number of rotatable bonds is 3. The lowest BCUT2D eigenvalue weighted by Gasteiger charge is -2.23. The Morgan fingerprint density at radius 3 is 2.67 bits per heavy atom. The van der Waals surface area contributed by atoms with Crippen LogP contribution >= 0.6 is 11.6 Å². The van der Waals surface area contributed by atoms with E-state index in [-0.39, 0.29) is 12.0 Å². The maximum Gasteiger partial charge on any atom is 0.329 e. The number of anilines is 1. The molecule has 1 aliphatic heterocycles. The molecule has 1 fully saturated rings. The lowest BCUT2D eigenvalue weighted by molar-refractivity contribution is -0.148. The van der Waals surface area contributed by atoms with E-state index >= 15 is 0 Å². The van der Waals surface area contributed by atoms with Crippen LogP contribution in [-0.4, -0.2) is 12.0 Å². The number of nitrogens with one attached hydrogen (secondary N) is 1. The summed E-state index contributed by atoms with van der Waals surface area (Å²) in [5.41, 5.74) is 1.18. The molecule has 2 aromatic rings. The molecule has 2 atom stereocenters. The normalized spacial score (nSPS) is 24.7. The molecule has 108 valence electrons. The van der Waals surface area contributed by atoms with E-state index in [1.165, 1.54) is 0 Å². The van der Waals surface area contributed by atoms with Crippen molar-refractivity contribution in [1.29, 1.82) is 0 Å². The monoisotopic (exact) mass is 301 g/mol. The van der Waals surface area contributed by atoms with Gasteiger partial charge < -0.3 is 10.1 Å². The number of carbonyl (C=O) groups is 1. The molecule has 0 amide bonds. The van der Waals surface area contributed by atoms with Crippen LogP contribution in [0.3, 0.4) is 0 Å². The summed E-state index contributed by atoms with van der Waals surface area (Å²) in [6.07, 6.45) is 0.571. The SMILES string of the molecule is CC1(c2cccc(Cl)c2)CC(Nc2ccccc2)C(=O)O1. The zero-order chi connectivity index (χ0) is 14.9. The zero-order valence-corrected chi connectivity index (χ0v) is 12.4. The first-order valence-corrected chi connectivity index (χ1v) is 7.25. The van der Waals surface area contributed by atoms with Crippen LogP contribution in [0.5, 0.6) is 0 Å². The molecule has 0 saturated carbocycles. The molecule has 4 heteroatoms. The van der Waals surface area contributed by atoms with E-state index in [9.17, 15) is 4.79 Å². The van der Waals surface area contributed by atoms with Gasteiger partial charge in [0.15, 0.2) is 0 Å². The van der Waals surface area contributed by atoms with Crippen molar-refractivity contribution in [2.24, 2.45) is 0 Å². The summed E-state index contributed by atoms with van der Waals surface area (Å²) in [5, 5.41) is 3.87. The molecule has 1 heterocycles. The molecule has 0 aliphatic carbocycles. The molecule has 21 heavy (non-hydrogen) atoms. The van der Waals surface area contributed by atoms with Crippen molar-refractivity contribution in [3.63, 3.8) is 0 Å². The van der Waals surface area contributed by atoms with Crippen LogP contribution in [0.4, 0.5) is 5.69 Å². The third-order valence-corrected chi connectivity index (χ3v) is 3.99. The Morgan fingerprint density at radius 1 is 1.19 bits per heavy atom. The predicted octanol–water partition coefficient (Wildman–Crippen LogP) is 3.98. The molecule has 0 spiro atoms. The number of carbonyl (C=O) groups excluding carboxylic acids is 1. The Labute approximate surface area is 128 Å². The van der Waals surface area contributed by atoms with Gasteiger partial charge in [-0.2, -0.15) is 0 Å². The van der Waals surface area contributed by atoms with Crippen molar-refractivity contribution < 1.29 is 9.53 Å². The first-order valence-electron chi connectivity index (χ1n) is 6.87. The predicted molar refractivity (Wildman–Crippen MR) is 83.4 cm³/mol. The van der Waals surface area contributed by atoms with Gasteiger partial charge in [0.05, 0.1) is 0 Å². The molecule has 1 aliphatic rings. The number of hydrogen-bond acceptors (Lipinski definition) is 3. The van der Waals surface area contributed by atoms with Gasteiger partial charge in [0, 0.05) is 17.1 Å². The van der Waals surface area contributed by atoms with E-state index in [2.05, 4.69) is 5.32 Å². The third kappa shape index (κ3) is 2.88. The summed E-state index contributed by atoms with van der Waals surface area (Å²) in [7, 11) is 0. The minimum atomic E-state index is -0.644. The molecule has 0 aromatic heterocycles. The Balaban J connectivity index is 1.80. The molecule has 2 aromatic carbocycles. The summed E-state index contributed by atoms with van der Waals surface area (Å²) in [6.45, 7) is 1.92. The van der Waals surface area contributed by atoms with Crippen molar-refractivity contribution in [3.05, 3.63) is 65.2 Å². The molecule has 3 rings (SSSR count). The summed E-state index contributed by atoms with van der Waals surface area (Å²) in [5.74, 6) is -0.235. The van der Waals surface area contributed by atoms with Gasteiger partial charge in [-0.1, -0.05) is 41.9 Å². The van der Waals surface area contributed by atoms with Gasteiger partial charge in [-0.3, -0.25) is 0 Å². The van der Waals surface area contributed by atoms with E-state index in [1.54, 1.807) is 0 Å². The highest BCUT2D eigenvalue weighted by Gasteiger charge is 2.44. The smallest absolute Gasteiger partial charge is 0.329 e. The van der Waals surface area contributed by atoms with Gasteiger partial charge in [0.25, 0.3) is 0 Å². The first kappa shape index (κ1) is 14.0. The van der Waals surface area contributed by atoms with E-state index in [0.717, 1.165) is 11.3 Å². The van der Waals surface area contributed by atoms with Gasteiger partial charge in [-0.15, -0.1) is 0 Å². The van der Waals surface area contributed by atoms with Crippen LogP contribution in [0.15, 0.2) is 54.6 Å². The average molecular weight is 302 g/mol. The molecular formula is C17H16ClNO2. The van der Waals surface area contributed by atoms with Crippen molar-refractivity contribution in [3.8, 4) is 0 Å². The van der Waals surface area contributed by atoms with E-state index in [1.807, 2.05) is 61.5 Å². The van der Waals surface area contributed by atoms with Gasteiger partial charge in [0.2, 0.25) is 0 Å². The van der Waals surface area contributed by atoms with Crippen molar-refractivity contribution >= 4 is 23.3 Å². The van der Waals surface area contributed by atoms with Crippen molar-refractivity contribution in [2.45, 2.75) is 25.0 Å². The molecule has 1 N–H and O–H groups in total. The van der Waals surface area contributed by atoms with E-state index in [4.69, 9.17) is 16.3 Å². The molecular weight excluding hydrogens is 286 g/mol. The highest BCUT2D eigenvalue weighted by atomic mass is 35.5. The van der Waals surface area contributed by atoms with Crippen LogP contribution in [0.1, 0.15) is 18.9 Å². The first-order chi connectivity index (χ1) is 10.1. The molecule has 3 nitrogen and oxygen atoms in total. The number of esters is 1. The number of cyclic esters (lactones) is 1. The quantitative estimate of drug-likeness (QED) is 0.871. The third-order valence-electron chi connectivity index (χ3n) is 3.75. The number of ether oxygens (including phenoxy) is 1. The molecule has 1 saturated heterocycles. The number of benzene rings is 2. The van der Waals surface area contributed by atoms with Crippen LogP contribution in [0, 0.1) is 0 Å². The summed E-state index contributed by atoms with van der Waals surface area (Å²) in [4.78, 5) is 12.1. The Hall–Kier alpha value is -2.00. The highest BCUT2D eigenvalue weighted by molar-refractivity contribution is 6.30. The van der Waals surface area contributed by atoms with Gasteiger partial charge in [0.1, 0.15) is 11.6 Å². The standard InChI is InChI=1S/C17H16ClNO2/c1-17(12-6-5-7-13(18)10-12)11-15(16(20)21-17)19-14-8-3-2-4-9-14/h2-10,15,19H,11H2,1H3. The summed E-state index contributed by atoms with van der Waals surface area (Å²) < 4.78 is 5.61. The van der Waals surface area contributed by atoms with Crippen molar-refractivity contribution in [1.82, 2.24) is 0 Å². The van der Waals surface area contributed by atoms with E-state index < -0.39 is 5.60 Å². The van der Waals surface area contributed by atoms with E-state index in [0.29, 0.717) is 11.4 Å². The summed E-state index contributed by atoms with van der Waals surface area (Å²) in [6, 6.07) is 16.8. The van der Waals surface area contributed by atoms with Gasteiger partial charge in [-0.05, 0) is 36.8 Å². The second kappa shape index (κ2) is 5.41. The number of para-hydroxylation sites is 1. The second-order valence-electron chi connectivity index (χ2n) is 5.43. The minimum Gasteiger partial charge on any atom is -0.453 e.